The van der Waals surface area contributed by atoms with Crippen LogP contribution in [0.5, 0.6) is 0 Å². The molecule has 7 unspecified atom stereocenters. The van der Waals surface area contributed by atoms with Gasteiger partial charge in [-0.25, -0.2) is 8.42 Å². The highest BCUT2D eigenvalue weighted by Gasteiger charge is 2.47. The standard InChI is InChI=1S/C34H53N3O9S/c1-5-6-15-34(2)21-47(45,46)28-14-13-24(37(3)4)18-25(28)30(33(34)44)22-10-9-11-23(17-22)36-29(41)12-7-8-16-35-19-26(39)31(42)32(43)27(40)20-38/h9-11,13-14,17-18,26-27,30-33,35,38-40,42-44H,5-8,12,15-16,19-21H2,1-4H3,(H,36,41). The van der Waals surface area contributed by atoms with Gasteiger partial charge in [-0.1, -0.05) is 38.8 Å². The van der Waals surface area contributed by atoms with Crippen molar-refractivity contribution in [3.05, 3.63) is 53.6 Å². The fourth-order valence-electron chi connectivity index (χ4n) is 6.18. The Balaban J connectivity index is 1.71. The minimum atomic E-state index is -3.71. The Kier molecular flexibility index (Phi) is 14.2. The van der Waals surface area contributed by atoms with Crippen LogP contribution >= 0.6 is 0 Å². The van der Waals surface area contributed by atoms with Gasteiger partial charge in [-0.3, -0.25) is 4.79 Å². The SMILES string of the molecule is CCCCC1(C)CS(=O)(=O)c2ccc(N(C)C)cc2C(c2cccc(NC(=O)CCCCNCC(O)C(O)C(O)C(O)CO)c2)C1O. The molecule has 1 heterocycles. The molecule has 0 spiro atoms. The van der Waals surface area contributed by atoms with Crippen LogP contribution in [0.15, 0.2) is 47.4 Å². The second-order valence-electron chi connectivity index (χ2n) is 13.2. The molecule has 47 heavy (non-hydrogen) atoms. The van der Waals surface area contributed by atoms with Gasteiger partial charge in [-0.2, -0.15) is 0 Å². The molecule has 1 aliphatic heterocycles. The first-order chi connectivity index (χ1) is 22.1. The van der Waals surface area contributed by atoms with Crippen molar-refractivity contribution in [2.24, 2.45) is 5.41 Å². The van der Waals surface area contributed by atoms with Gasteiger partial charge in [-0.05, 0) is 67.3 Å². The Hall–Kier alpha value is -2.62. The van der Waals surface area contributed by atoms with Crippen LogP contribution in [0.2, 0.25) is 0 Å². The van der Waals surface area contributed by atoms with Gasteiger partial charge in [0.25, 0.3) is 0 Å². The summed E-state index contributed by atoms with van der Waals surface area (Å²) in [5.41, 5.74) is 1.70. The van der Waals surface area contributed by atoms with Crippen molar-refractivity contribution in [3.8, 4) is 0 Å². The van der Waals surface area contributed by atoms with Gasteiger partial charge >= 0.3 is 0 Å². The zero-order valence-corrected chi connectivity index (χ0v) is 28.7. The molecule has 0 aliphatic carbocycles. The predicted molar refractivity (Wildman–Crippen MR) is 181 cm³/mol. The van der Waals surface area contributed by atoms with Crippen molar-refractivity contribution in [2.45, 2.75) is 93.7 Å². The number of hydrogen-bond donors (Lipinski definition) is 8. The smallest absolute Gasteiger partial charge is 0.224 e. The van der Waals surface area contributed by atoms with Crippen molar-refractivity contribution < 1.29 is 43.9 Å². The van der Waals surface area contributed by atoms with E-state index in [-0.39, 0.29) is 29.5 Å². The number of carbonyl (C=O) groups excluding carboxylic acids is 1. The summed E-state index contributed by atoms with van der Waals surface area (Å²) in [6.45, 7) is 3.52. The van der Waals surface area contributed by atoms with Crippen molar-refractivity contribution in [1.29, 1.82) is 0 Å². The van der Waals surface area contributed by atoms with Crippen molar-refractivity contribution in [1.82, 2.24) is 5.32 Å². The van der Waals surface area contributed by atoms with E-state index < -0.39 is 58.3 Å². The normalized spacial score (nSPS) is 23.2. The molecule has 0 saturated carbocycles. The van der Waals surface area contributed by atoms with Crippen molar-refractivity contribution >= 4 is 27.1 Å². The number of sulfone groups is 1. The number of hydrogen-bond acceptors (Lipinski definition) is 11. The van der Waals surface area contributed by atoms with Crippen molar-refractivity contribution in [2.75, 3.05) is 49.8 Å². The van der Waals surface area contributed by atoms with Gasteiger partial charge in [0.2, 0.25) is 5.91 Å². The van der Waals surface area contributed by atoms with Gasteiger partial charge in [0.05, 0.1) is 29.5 Å². The van der Waals surface area contributed by atoms with Crippen LogP contribution in [0.1, 0.15) is 69.4 Å². The molecular formula is C34H53N3O9S. The first-order valence-electron chi connectivity index (χ1n) is 16.3. The molecule has 264 valence electrons. The van der Waals surface area contributed by atoms with Gasteiger partial charge < -0.3 is 46.2 Å². The zero-order chi connectivity index (χ0) is 34.9. The summed E-state index contributed by atoms with van der Waals surface area (Å²) in [5, 5.41) is 65.8. The number of nitrogens with one attached hydrogen (secondary N) is 2. The van der Waals surface area contributed by atoms with E-state index >= 15 is 0 Å². The molecule has 0 saturated heterocycles. The van der Waals surface area contributed by atoms with Crippen LogP contribution in [-0.2, 0) is 14.6 Å². The van der Waals surface area contributed by atoms with Crippen LogP contribution in [-0.4, -0.2) is 115 Å². The largest absolute Gasteiger partial charge is 0.394 e. The summed E-state index contributed by atoms with van der Waals surface area (Å²) in [5.74, 6) is -1.02. The number of fused-ring (bicyclic) bond motifs is 1. The fraction of sp³-hybridized carbons (Fsp3) is 0.618. The first-order valence-corrected chi connectivity index (χ1v) is 18.0. The topological polar surface area (TPSA) is 200 Å². The van der Waals surface area contributed by atoms with E-state index in [0.29, 0.717) is 42.6 Å². The highest BCUT2D eigenvalue weighted by atomic mass is 32.2. The molecule has 12 nitrogen and oxygen atoms in total. The second kappa shape index (κ2) is 17.2. The molecule has 2 aromatic rings. The fourth-order valence-corrected chi connectivity index (χ4v) is 8.33. The number of benzene rings is 2. The molecular weight excluding hydrogens is 626 g/mol. The summed E-state index contributed by atoms with van der Waals surface area (Å²) in [4.78, 5) is 14.9. The van der Waals surface area contributed by atoms with Gasteiger partial charge in [0.15, 0.2) is 9.84 Å². The quantitative estimate of drug-likeness (QED) is 0.112. The monoisotopic (exact) mass is 679 g/mol. The molecule has 0 aromatic heterocycles. The van der Waals surface area contributed by atoms with Crippen molar-refractivity contribution in [3.63, 3.8) is 0 Å². The molecule has 1 amide bonds. The van der Waals surface area contributed by atoms with Gasteiger partial charge in [-0.15, -0.1) is 0 Å². The summed E-state index contributed by atoms with van der Waals surface area (Å²) in [6.07, 6.45) is -3.72. The second-order valence-corrected chi connectivity index (χ2v) is 15.1. The number of aliphatic hydroxyl groups excluding tert-OH is 6. The maximum atomic E-state index is 13.7. The van der Waals surface area contributed by atoms with Crippen LogP contribution < -0.4 is 15.5 Å². The summed E-state index contributed by atoms with van der Waals surface area (Å²) < 4.78 is 27.5. The highest BCUT2D eigenvalue weighted by molar-refractivity contribution is 7.91. The van der Waals surface area contributed by atoms with E-state index in [2.05, 4.69) is 10.6 Å². The summed E-state index contributed by atoms with van der Waals surface area (Å²) in [6, 6.07) is 12.5. The third-order valence-corrected chi connectivity index (χ3v) is 11.1. The Morgan fingerprint density at radius 2 is 1.72 bits per heavy atom. The lowest BCUT2D eigenvalue weighted by Crippen LogP contribution is -2.49. The number of aliphatic hydroxyl groups is 6. The van der Waals surface area contributed by atoms with E-state index in [1.54, 1.807) is 30.3 Å². The van der Waals surface area contributed by atoms with E-state index in [4.69, 9.17) is 5.11 Å². The van der Waals surface area contributed by atoms with Gasteiger partial charge in [0, 0.05) is 49.8 Å². The lowest BCUT2D eigenvalue weighted by molar-refractivity contribution is -0.116. The van der Waals surface area contributed by atoms with Crippen LogP contribution in [0.25, 0.3) is 0 Å². The molecule has 3 rings (SSSR count). The van der Waals surface area contributed by atoms with Crippen LogP contribution in [0, 0.1) is 5.41 Å². The highest BCUT2D eigenvalue weighted by Crippen LogP contribution is 2.48. The van der Waals surface area contributed by atoms with Crippen LogP contribution in [0.3, 0.4) is 0 Å². The molecule has 1 aliphatic rings. The lowest BCUT2D eigenvalue weighted by atomic mass is 9.71. The maximum absolute atomic E-state index is 13.7. The first kappa shape index (κ1) is 38.8. The van der Waals surface area contributed by atoms with E-state index in [0.717, 1.165) is 18.5 Å². The number of anilines is 2. The third kappa shape index (κ3) is 9.96. The predicted octanol–water partition coefficient (Wildman–Crippen LogP) is 1.36. The minimum Gasteiger partial charge on any atom is -0.394 e. The number of amides is 1. The molecule has 0 radical (unpaired) electrons. The Morgan fingerprint density at radius 1 is 1.02 bits per heavy atom. The van der Waals surface area contributed by atoms with E-state index in [1.165, 1.54) is 0 Å². The maximum Gasteiger partial charge on any atom is 0.224 e. The molecule has 0 bridgehead atoms. The summed E-state index contributed by atoms with van der Waals surface area (Å²) >= 11 is 0. The zero-order valence-electron chi connectivity index (χ0n) is 27.8. The number of unbranched alkanes of at least 4 members (excludes halogenated alkanes) is 2. The minimum absolute atomic E-state index is 0.0552. The molecule has 7 atom stereocenters. The lowest BCUT2D eigenvalue weighted by Gasteiger charge is -2.37. The van der Waals surface area contributed by atoms with Crippen LogP contribution in [0.4, 0.5) is 11.4 Å². The number of carbonyl (C=O) groups is 1. The van der Waals surface area contributed by atoms with E-state index in [1.807, 2.05) is 45.0 Å². The molecule has 2 aromatic carbocycles. The number of nitrogens with zero attached hydrogens (tertiary/aromatic N) is 1. The molecule has 8 N–H and O–H groups in total. The Labute approximate surface area is 278 Å². The van der Waals surface area contributed by atoms with Gasteiger partial charge in [0.1, 0.15) is 18.3 Å². The Bertz CT molecular complexity index is 1420. The van der Waals surface area contributed by atoms with E-state index in [9.17, 15) is 38.7 Å². The number of rotatable bonds is 17. The average Bonchev–Trinajstić information content (AvgIpc) is 3.09. The summed E-state index contributed by atoms with van der Waals surface area (Å²) in [7, 11) is 0.0473. The third-order valence-electron chi connectivity index (χ3n) is 9.05. The average molecular weight is 680 g/mol. The molecule has 13 heteroatoms. The molecule has 0 fully saturated rings. The Morgan fingerprint density at radius 3 is 2.38 bits per heavy atom.